The van der Waals surface area contributed by atoms with E-state index < -0.39 is 64.7 Å². The van der Waals surface area contributed by atoms with Crippen LogP contribution in [0, 0.1) is 0 Å². The number of alkyl halides is 9. The van der Waals surface area contributed by atoms with Crippen molar-refractivity contribution in [3.63, 3.8) is 0 Å². The molecule has 0 radical (unpaired) electrons. The molecule has 0 aliphatic rings. The van der Waals surface area contributed by atoms with Crippen molar-refractivity contribution >= 4 is 11.7 Å². The van der Waals surface area contributed by atoms with Gasteiger partial charge in [-0.2, -0.15) is 31.4 Å². The van der Waals surface area contributed by atoms with Gasteiger partial charge in [0, 0.05) is 23.9 Å². The number of halogens is 9. The van der Waals surface area contributed by atoms with Crippen molar-refractivity contribution in [1.82, 2.24) is 9.78 Å². The standard InChI is InChI=1S/C19H18F9N3O3/c1-4-31-15(13(18(23,24)25)14(30-31)16(32)33-5-2)11-7-6-10(29-9(3)17(20,21)22)8-12(11)34-19(26,27)28/h6-9,29H,4-5H2,1-3H3/t9-/m1/s1. The van der Waals surface area contributed by atoms with Crippen molar-refractivity contribution in [3.05, 3.63) is 29.5 Å². The molecule has 34 heavy (non-hydrogen) atoms. The van der Waals surface area contributed by atoms with Crippen LogP contribution in [0.15, 0.2) is 18.2 Å². The van der Waals surface area contributed by atoms with Crippen LogP contribution in [0.2, 0.25) is 0 Å². The Morgan fingerprint density at radius 3 is 2.18 bits per heavy atom. The van der Waals surface area contributed by atoms with Crippen LogP contribution in [0.1, 0.15) is 36.8 Å². The number of hydrogen-bond donors (Lipinski definition) is 1. The number of aromatic nitrogens is 2. The van der Waals surface area contributed by atoms with Crippen LogP contribution in [-0.4, -0.2) is 40.9 Å². The van der Waals surface area contributed by atoms with E-state index in [1.165, 1.54) is 13.8 Å². The van der Waals surface area contributed by atoms with Gasteiger partial charge >= 0.3 is 24.7 Å². The van der Waals surface area contributed by atoms with E-state index in [0.29, 0.717) is 23.7 Å². The summed E-state index contributed by atoms with van der Waals surface area (Å²) in [6, 6.07) is -0.167. The average molecular weight is 507 g/mol. The summed E-state index contributed by atoms with van der Waals surface area (Å²) in [5.74, 6) is -2.69. The molecule has 2 rings (SSSR count). The monoisotopic (exact) mass is 507 g/mol. The molecule has 190 valence electrons. The van der Waals surface area contributed by atoms with Crippen LogP contribution < -0.4 is 10.1 Å². The minimum atomic E-state index is -5.40. The van der Waals surface area contributed by atoms with Crippen LogP contribution in [-0.2, 0) is 17.5 Å². The van der Waals surface area contributed by atoms with E-state index in [9.17, 15) is 44.3 Å². The van der Waals surface area contributed by atoms with Crippen molar-refractivity contribution < 1.29 is 53.8 Å². The van der Waals surface area contributed by atoms with E-state index in [1.54, 1.807) is 0 Å². The topological polar surface area (TPSA) is 65.4 Å². The highest BCUT2D eigenvalue weighted by Gasteiger charge is 2.44. The van der Waals surface area contributed by atoms with Gasteiger partial charge in [0.25, 0.3) is 0 Å². The van der Waals surface area contributed by atoms with Gasteiger partial charge in [-0.25, -0.2) is 4.79 Å². The minimum absolute atomic E-state index is 0.301. The molecule has 1 aromatic carbocycles. The summed E-state index contributed by atoms with van der Waals surface area (Å²) in [5, 5.41) is 5.46. The molecule has 0 amide bonds. The van der Waals surface area contributed by atoms with Gasteiger partial charge in [-0.05, 0) is 32.9 Å². The van der Waals surface area contributed by atoms with Gasteiger partial charge in [0.2, 0.25) is 0 Å². The highest BCUT2D eigenvalue weighted by molar-refractivity contribution is 5.92. The first-order valence-electron chi connectivity index (χ1n) is 9.58. The fraction of sp³-hybridized carbons (Fsp3) is 0.474. The number of ether oxygens (including phenoxy) is 2. The largest absolute Gasteiger partial charge is 0.573 e. The summed E-state index contributed by atoms with van der Waals surface area (Å²) in [6.07, 6.45) is -15.4. The maximum atomic E-state index is 13.9. The Morgan fingerprint density at radius 2 is 1.71 bits per heavy atom. The average Bonchev–Trinajstić information content (AvgIpc) is 3.06. The Hall–Kier alpha value is -3.13. The van der Waals surface area contributed by atoms with Crippen molar-refractivity contribution in [2.24, 2.45) is 0 Å². The van der Waals surface area contributed by atoms with Gasteiger partial charge in [0.1, 0.15) is 17.4 Å². The number of nitrogens with one attached hydrogen (secondary N) is 1. The molecule has 0 bridgehead atoms. The second-order valence-electron chi connectivity index (χ2n) is 6.77. The molecule has 0 aliphatic carbocycles. The van der Waals surface area contributed by atoms with Crippen LogP contribution >= 0.6 is 0 Å². The fourth-order valence-corrected chi connectivity index (χ4v) is 2.92. The number of nitrogens with zero attached hydrogens (tertiary/aromatic N) is 2. The number of anilines is 1. The molecule has 0 fully saturated rings. The molecule has 1 N–H and O–H groups in total. The molecule has 0 unspecified atom stereocenters. The van der Waals surface area contributed by atoms with Gasteiger partial charge in [-0.15, -0.1) is 13.2 Å². The van der Waals surface area contributed by atoms with E-state index in [0.717, 1.165) is 6.07 Å². The number of rotatable bonds is 7. The second kappa shape index (κ2) is 9.62. The zero-order valence-electron chi connectivity index (χ0n) is 17.7. The molecular weight excluding hydrogens is 489 g/mol. The maximum Gasteiger partial charge on any atom is 0.573 e. The minimum Gasteiger partial charge on any atom is -0.461 e. The number of hydrogen-bond acceptors (Lipinski definition) is 5. The van der Waals surface area contributed by atoms with Crippen molar-refractivity contribution in [3.8, 4) is 17.0 Å². The summed E-state index contributed by atoms with van der Waals surface area (Å²) in [7, 11) is 0. The lowest BCUT2D eigenvalue weighted by atomic mass is 10.0. The van der Waals surface area contributed by atoms with Gasteiger partial charge in [-0.1, -0.05) is 0 Å². The lowest BCUT2D eigenvalue weighted by Crippen LogP contribution is -2.33. The Bertz CT molecular complexity index is 1030. The number of benzene rings is 1. The first kappa shape index (κ1) is 27.1. The highest BCUT2D eigenvalue weighted by Crippen LogP contribution is 2.44. The Kier molecular flexibility index (Phi) is 7.67. The van der Waals surface area contributed by atoms with E-state index in [2.05, 4.69) is 14.6 Å². The number of aryl methyl sites for hydroxylation is 1. The van der Waals surface area contributed by atoms with E-state index in [4.69, 9.17) is 0 Å². The summed E-state index contributed by atoms with van der Waals surface area (Å²) in [5.41, 5.74) is -5.12. The third kappa shape index (κ3) is 6.26. The summed E-state index contributed by atoms with van der Waals surface area (Å²) >= 11 is 0. The molecule has 1 aromatic heterocycles. The lowest BCUT2D eigenvalue weighted by Gasteiger charge is -2.21. The third-order valence-corrected chi connectivity index (χ3v) is 4.34. The summed E-state index contributed by atoms with van der Waals surface area (Å²) < 4.78 is 128. The van der Waals surface area contributed by atoms with Gasteiger partial charge in [-0.3, -0.25) is 4.68 Å². The van der Waals surface area contributed by atoms with Crippen molar-refractivity contribution in [1.29, 1.82) is 0 Å². The first-order valence-corrected chi connectivity index (χ1v) is 9.58. The Balaban J connectivity index is 2.79. The molecular formula is C19H18F9N3O3. The summed E-state index contributed by atoms with van der Waals surface area (Å²) in [4.78, 5) is 12.1. The smallest absolute Gasteiger partial charge is 0.461 e. The first-order chi connectivity index (χ1) is 15.5. The second-order valence-corrected chi connectivity index (χ2v) is 6.77. The van der Waals surface area contributed by atoms with Crippen molar-refractivity contribution in [2.45, 2.75) is 52.1 Å². The van der Waals surface area contributed by atoms with Crippen LogP contribution in [0.4, 0.5) is 45.2 Å². The Morgan fingerprint density at radius 1 is 1.09 bits per heavy atom. The molecule has 0 saturated carbocycles. The highest BCUT2D eigenvalue weighted by atomic mass is 19.4. The van der Waals surface area contributed by atoms with Gasteiger partial charge < -0.3 is 14.8 Å². The molecule has 15 heteroatoms. The molecule has 2 aromatic rings. The SMILES string of the molecule is CCOC(=O)c1nn(CC)c(-c2ccc(N[C@H](C)C(F)(F)F)cc2OC(F)(F)F)c1C(F)(F)F. The fourth-order valence-electron chi connectivity index (χ4n) is 2.92. The van der Waals surface area contributed by atoms with Gasteiger partial charge in [0.05, 0.1) is 12.3 Å². The van der Waals surface area contributed by atoms with Crippen LogP contribution in [0.25, 0.3) is 11.3 Å². The van der Waals surface area contributed by atoms with E-state index in [1.807, 2.05) is 5.32 Å². The molecule has 6 nitrogen and oxygen atoms in total. The predicted molar refractivity (Wildman–Crippen MR) is 100 cm³/mol. The predicted octanol–water partition coefficient (Wildman–Crippen LogP) is 6.03. The Labute approximate surface area is 186 Å². The normalized spacial score (nSPS) is 13.5. The maximum absolute atomic E-state index is 13.9. The molecule has 1 atom stereocenters. The molecule has 0 aliphatic heterocycles. The van der Waals surface area contributed by atoms with Crippen molar-refractivity contribution in [2.75, 3.05) is 11.9 Å². The van der Waals surface area contributed by atoms with E-state index in [-0.39, 0.29) is 13.2 Å². The zero-order valence-corrected chi connectivity index (χ0v) is 17.7. The molecule has 1 heterocycles. The third-order valence-electron chi connectivity index (χ3n) is 4.34. The lowest BCUT2D eigenvalue weighted by molar-refractivity contribution is -0.274. The van der Waals surface area contributed by atoms with Gasteiger partial charge in [0.15, 0.2) is 5.69 Å². The summed E-state index contributed by atoms with van der Waals surface area (Å²) in [6.45, 7) is 2.72. The van der Waals surface area contributed by atoms with Crippen LogP contribution in [0.5, 0.6) is 5.75 Å². The number of esters is 1. The quantitative estimate of drug-likeness (QED) is 0.367. The molecule has 0 spiro atoms. The number of carbonyl (C=O) groups is 1. The number of carbonyl (C=O) groups excluding carboxylic acids is 1. The molecule has 0 saturated heterocycles. The zero-order chi connectivity index (χ0) is 26.1. The van der Waals surface area contributed by atoms with E-state index >= 15 is 0 Å². The van der Waals surface area contributed by atoms with Crippen LogP contribution in [0.3, 0.4) is 0 Å².